The van der Waals surface area contributed by atoms with Crippen molar-refractivity contribution in [3.05, 3.63) is 63.6 Å². The third-order valence-corrected chi connectivity index (χ3v) is 4.08. The van der Waals surface area contributed by atoms with Gasteiger partial charge in [-0.2, -0.15) is 0 Å². The third kappa shape index (κ3) is 4.83. The van der Waals surface area contributed by atoms with Gasteiger partial charge in [-0.05, 0) is 42.7 Å². The second-order valence-corrected chi connectivity index (χ2v) is 6.51. The van der Waals surface area contributed by atoms with Crippen molar-refractivity contribution in [3.63, 3.8) is 0 Å². The number of amides is 2. The number of carboxylic acids is 1. The molecule has 126 valence electrons. The van der Waals surface area contributed by atoms with Gasteiger partial charge in [-0.25, -0.2) is 9.59 Å². The Morgan fingerprint density at radius 1 is 1.12 bits per heavy atom. The summed E-state index contributed by atoms with van der Waals surface area (Å²) in [6.07, 6.45) is 0.224. The van der Waals surface area contributed by atoms with Crippen molar-refractivity contribution < 1.29 is 14.7 Å². The van der Waals surface area contributed by atoms with E-state index in [-0.39, 0.29) is 6.42 Å². The molecule has 2 aromatic carbocycles. The summed E-state index contributed by atoms with van der Waals surface area (Å²) in [5, 5.41) is 14.6. The number of benzene rings is 2. The molecule has 2 amide bonds. The fourth-order valence-corrected chi connectivity index (χ4v) is 3.15. The van der Waals surface area contributed by atoms with Gasteiger partial charge in [0.2, 0.25) is 0 Å². The van der Waals surface area contributed by atoms with Crippen LogP contribution in [0.15, 0.2) is 46.9 Å². The Kier molecular flexibility index (Phi) is 5.98. The fraction of sp³-hybridized carbons (Fsp3) is 0.222. The van der Waals surface area contributed by atoms with Crippen LogP contribution in [0.4, 0.5) is 10.5 Å². The summed E-state index contributed by atoms with van der Waals surface area (Å²) in [7, 11) is 0. The van der Waals surface area contributed by atoms with E-state index in [0.29, 0.717) is 5.69 Å². The molecule has 0 aliphatic heterocycles. The highest BCUT2D eigenvalue weighted by Crippen LogP contribution is 2.25. The van der Waals surface area contributed by atoms with Gasteiger partial charge >= 0.3 is 12.0 Å². The van der Waals surface area contributed by atoms with E-state index < -0.39 is 18.0 Å². The Balaban J connectivity index is 2.07. The lowest BCUT2D eigenvalue weighted by Crippen LogP contribution is -2.44. The molecular formula is C18H19BrN2O3. The first-order valence-corrected chi connectivity index (χ1v) is 8.27. The van der Waals surface area contributed by atoms with Crippen LogP contribution < -0.4 is 10.6 Å². The molecule has 2 rings (SSSR count). The number of aryl methyl sites for hydroxylation is 2. The summed E-state index contributed by atoms with van der Waals surface area (Å²) in [6, 6.07) is 11.4. The van der Waals surface area contributed by atoms with E-state index in [1.165, 1.54) is 0 Å². The predicted octanol–water partition coefficient (Wildman–Crippen LogP) is 3.88. The Labute approximate surface area is 149 Å². The molecule has 1 atom stereocenters. The molecular weight excluding hydrogens is 372 g/mol. The van der Waals surface area contributed by atoms with Crippen molar-refractivity contribution in [1.29, 1.82) is 0 Å². The van der Waals surface area contributed by atoms with Crippen LogP contribution in [0.3, 0.4) is 0 Å². The largest absolute Gasteiger partial charge is 0.480 e. The molecule has 0 saturated heterocycles. The van der Waals surface area contributed by atoms with Gasteiger partial charge in [0.05, 0.1) is 0 Å². The standard InChI is InChI=1S/C18H19BrN2O3/c1-11-8-14(19)9-12(2)16(11)21-18(24)20-15(17(22)23)10-13-6-4-3-5-7-13/h3-9,15H,10H2,1-2H3,(H,22,23)(H2,20,21,24). The number of carbonyl (C=O) groups is 2. The van der Waals surface area contributed by atoms with Gasteiger partial charge < -0.3 is 15.7 Å². The van der Waals surface area contributed by atoms with E-state index in [0.717, 1.165) is 21.2 Å². The van der Waals surface area contributed by atoms with Gasteiger partial charge in [-0.15, -0.1) is 0 Å². The zero-order chi connectivity index (χ0) is 17.7. The first kappa shape index (κ1) is 18.0. The second kappa shape index (κ2) is 7.97. The number of hydrogen-bond donors (Lipinski definition) is 3. The maximum atomic E-state index is 12.2. The lowest BCUT2D eigenvalue weighted by Gasteiger charge is -2.17. The zero-order valence-electron chi connectivity index (χ0n) is 13.5. The molecule has 0 heterocycles. The van der Waals surface area contributed by atoms with E-state index >= 15 is 0 Å². The smallest absolute Gasteiger partial charge is 0.326 e. The lowest BCUT2D eigenvalue weighted by molar-refractivity contribution is -0.139. The normalized spacial score (nSPS) is 11.6. The van der Waals surface area contributed by atoms with E-state index in [1.54, 1.807) is 0 Å². The van der Waals surface area contributed by atoms with Crippen molar-refractivity contribution in [3.8, 4) is 0 Å². The van der Waals surface area contributed by atoms with Gasteiger partial charge in [0, 0.05) is 16.6 Å². The highest BCUT2D eigenvalue weighted by molar-refractivity contribution is 9.10. The Morgan fingerprint density at radius 2 is 1.71 bits per heavy atom. The Hall–Kier alpha value is -2.34. The monoisotopic (exact) mass is 390 g/mol. The van der Waals surface area contributed by atoms with Gasteiger partial charge in [0.25, 0.3) is 0 Å². The third-order valence-electron chi connectivity index (χ3n) is 3.62. The van der Waals surface area contributed by atoms with Gasteiger partial charge in [-0.3, -0.25) is 0 Å². The summed E-state index contributed by atoms with van der Waals surface area (Å²) < 4.78 is 0.927. The molecule has 0 aliphatic rings. The molecule has 0 fully saturated rings. The maximum absolute atomic E-state index is 12.2. The van der Waals surface area contributed by atoms with Crippen molar-refractivity contribution in [1.82, 2.24) is 5.32 Å². The Bertz CT molecular complexity index is 724. The predicted molar refractivity (Wildman–Crippen MR) is 97.3 cm³/mol. The summed E-state index contributed by atoms with van der Waals surface area (Å²) in [4.78, 5) is 23.6. The molecule has 0 radical (unpaired) electrons. The summed E-state index contributed by atoms with van der Waals surface area (Å²) in [5.41, 5.74) is 3.32. The first-order chi connectivity index (χ1) is 11.4. The van der Waals surface area contributed by atoms with Crippen LogP contribution in [0.5, 0.6) is 0 Å². The maximum Gasteiger partial charge on any atom is 0.326 e. The molecule has 2 aromatic rings. The number of halogens is 1. The molecule has 3 N–H and O–H groups in total. The molecule has 5 nitrogen and oxygen atoms in total. The number of anilines is 1. The summed E-state index contributed by atoms with van der Waals surface area (Å²) in [6.45, 7) is 3.76. The van der Waals surface area contributed by atoms with E-state index in [4.69, 9.17) is 0 Å². The number of carboxylic acid groups (broad SMARTS) is 1. The van der Waals surface area contributed by atoms with Crippen LogP contribution >= 0.6 is 15.9 Å². The molecule has 6 heteroatoms. The lowest BCUT2D eigenvalue weighted by atomic mass is 10.1. The molecule has 0 spiro atoms. The fourth-order valence-electron chi connectivity index (χ4n) is 2.47. The highest BCUT2D eigenvalue weighted by Gasteiger charge is 2.21. The van der Waals surface area contributed by atoms with Crippen molar-refractivity contribution >= 4 is 33.6 Å². The molecule has 1 unspecified atom stereocenters. The van der Waals surface area contributed by atoms with Crippen molar-refractivity contribution in [2.45, 2.75) is 26.3 Å². The topological polar surface area (TPSA) is 78.4 Å². The average molecular weight is 391 g/mol. The molecule has 0 aromatic heterocycles. The van der Waals surface area contributed by atoms with Crippen molar-refractivity contribution in [2.75, 3.05) is 5.32 Å². The van der Waals surface area contributed by atoms with Crippen LogP contribution in [-0.2, 0) is 11.2 Å². The van der Waals surface area contributed by atoms with Crippen LogP contribution in [0, 0.1) is 13.8 Å². The number of urea groups is 1. The van der Waals surface area contributed by atoms with E-state index in [1.807, 2.05) is 56.3 Å². The number of carbonyl (C=O) groups excluding carboxylic acids is 1. The average Bonchev–Trinajstić information content (AvgIpc) is 2.51. The van der Waals surface area contributed by atoms with E-state index in [2.05, 4.69) is 26.6 Å². The second-order valence-electron chi connectivity index (χ2n) is 5.59. The van der Waals surface area contributed by atoms with Gasteiger partial charge in [0.1, 0.15) is 6.04 Å². The van der Waals surface area contributed by atoms with Gasteiger partial charge in [0.15, 0.2) is 0 Å². The van der Waals surface area contributed by atoms with Crippen molar-refractivity contribution in [2.24, 2.45) is 0 Å². The minimum Gasteiger partial charge on any atom is -0.480 e. The summed E-state index contributed by atoms with van der Waals surface area (Å²) >= 11 is 3.40. The summed E-state index contributed by atoms with van der Waals surface area (Å²) in [5.74, 6) is -1.07. The first-order valence-electron chi connectivity index (χ1n) is 7.48. The SMILES string of the molecule is Cc1cc(Br)cc(C)c1NC(=O)NC(Cc1ccccc1)C(=O)O. The zero-order valence-corrected chi connectivity index (χ0v) is 15.1. The molecule has 0 saturated carbocycles. The number of rotatable bonds is 5. The van der Waals surface area contributed by atoms with Gasteiger partial charge in [-0.1, -0.05) is 46.3 Å². The van der Waals surface area contributed by atoms with Crippen LogP contribution in [0.2, 0.25) is 0 Å². The highest BCUT2D eigenvalue weighted by atomic mass is 79.9. The van der Waals surface area contributed by atoms with E-state index in [9.17, 15) is 14.7 Å². The molecule has 24 heavy (non-hydrogen) atoms. The van der Waals surface area contributed by atoms with Crippen LogP contribution in [0.25, 0.3) is 0 Å². The minimum absolute atomic E-state index is 0.224. The molecule has 0 aliphatic carbocycles. The number of aliphatic carboxylic acids is 1. The van der Waals surface area contributed by atoms with Crippen LogP contribution in [-0.4, -0.2) is 23.1 Å². The number of nitrogens with one attached hydrogen (secondary N) is 2. The number of hydrogen-bond acceptors (Lipinski definition) is 2. The quantitative estimate of drug-likeness (QED) is 0.724. The molecule has 0 bridgehead atoms. The van der Waals surface area contributed by atoms with Crippen LogP contribution in [0.1, 0.15) is 16.7 Å². The minimum atomic E-state index is -1.07. The Morgan fingerprint density at radius 3 is 2.25 bits per heavy atom.